The zero-order valence-corrected chi connectivity index (χ0v) is 16.7. The maximum Gasteiger partial charge on any atom is 0.329 e. The molecule has 2 aromatic rings. The average Bonchev–Trinajstić information content (AvgIpc) is 3.12. The van der Waals surface area contributed by atoms with Crippen LogP contribution in [0.4, 0.5) is 5.69 Å². The summed E-state index contributed by atoms with van der Waals surface area (Å²) in [6, 6.07) is 0. The summed E-state index contributed by atoms with van der Waals surface area (Å²) < 4.78 is 7.41. The van der Waals surface area contributed by atoms with Crippen LogP contribution in [0, 0.1) is 27.9 Å². The van der Waals surface area contributed by atoms with Crippen molar-refractivity contribution < 1.29 is 14.5 Å². The summed E-state index contributed by atoms with van der Waals surface area (Å²) in [6.45, 7) is 5.38. The van der Waals surface area contributed by atoms with Crippen LogP contribution in [0.5, 0.6) is 5.75 Å². The van der Waals surface area contributed by atoms with Crippen LogP contribution in [-0.4, -0.2) is 45.5 Å². The minimum atomic E-state index is -0.444. The van der Waals surface area contributed by atoms with Crippen LogP contribution in [0.25, 0.3) is 11.0 Å². The molecule has 2 aliphatic rings. The molecule has 1 amide bonds. The Hall–Kier alpha value is -2.64. The number of pyridine rings is 1. The second-order valence-corrected chi connectivity index (χ2v) is 8.35. The highest BCUT2D eigenvalue weighted by atomic mass is 16.6. The highest BCUT2D eigenvalue weighted by Crippen LogP contribution is 2.51. The van der Waals surface area contributed by atoms with E-state index in [1.807, 2.05) is 36.6 Å². The fourth-order valence-electron chi connectivity index (χ4n) is 5.20. The van der Waals surface area contributed by atoms with Crippen LogP contribution in [0.1, 0.15) is 38.2 Å². The Morgan fingerprint density at radius 2 is 1.96 bits per heavy atom. The van der Waals surface area contributed by atoms with E-state index in [2.05, 4.69) is 4.98 Å². The predicted octanol–water partition coefficient (Wildman–Crippen LogP) is 3.10. The van der Waals surface area contributed by atoms with Gasteiger partial charge in [-0.05, 0) is 36.2 Å². The maximum atomic E-state index is 12.5. The zero-order valence-electron chi connectivity index (χ0n) is 16.7. The van der Waals surface area contributed by atoms with E-state index in [9.17, 15) is 14.9 Å². The number of methoxy groups -OCH3 is 1. The number of ether oxygens (including phenoxy) is 1. The van der Waals surface area contributed by atoms with E-state index in [0.717, 1.165) is 36.9 Å². The van der Waals surface area contributed by atoms with E-state index in [1.165, 1.54) is 13.3 Å². The summed E-state index contributed by atoms with van der Waals surface area (Å²) in [6.07, 6.45) is 5.44. The minimum absolute atomic E-state index is 0.000416. The maximum absolute atomic E-state index is 12.5. The van der Waals surface area contributed by atoms with Crippen LogP contribution in [0.15, 0.2) is 12.4 Å². The summed E-state index contributed by atoms with van der Waals surface area (Å²) in [5.41, 5.74) is 1.65. The first kappa shape index (κ1) is 18.7. The van der Waals surface area contributed by atoms with Gasteiger partial charge in [-0.3, -0.25) is 14.9 Å². The van der Waals surface area contributed by atoms with Gasteiger partial charge in [-0.25, -0.2) is 4.98 Å². The number of hydrogen-bond acceptors (Lipinski definition) is 5. The Kier molecular flexibility index (Phi) is 4.51. The van der Waals surface area contributed by atoms with Crippen molar-refractivity contribution in [2.75, 3.05) is 20.2 Å². The lowest BCUT2D eigenvalue weighted by atomic mass is 9.79. The molecule has 0 spiro atoms. The molecule has 3 atom stereocenters. The van der Waals surface area contributed by atoms with Crippen LogP contribution in [0.2, 0.25) is 0 Å². The summed E-state index contributed by atoms with van der Waals surface area (Å²) in [5.74, 6) is 1.47. The standard InChI is InChI=1S/C20H26N4O4/c1-11(2)20(25)23-8-12-5-6-13(9-23)16(12)14-10-22(3)19-17(14)18(28-4)15(7-21-19)24(26)27/h7,10-13,16H,5-6,8-9H2,1-4H3/t12-,13+,16?. The molecule has 8 nitrogen and oxygen atoms in total. The number of carbonyl (C=O) groups excluding carboxylic acids is 1. The molecule has 28 heavy (non-hydrogen) atoms. The smallest absolute Gasteiger partial charge is 0.329 e. The molecule has 1 unspecified atom stereocenters. The number of amides is 1. The molecule has 150 valence electrons. The van der Waals surface area contributed by atoms with Gasteiger partial charge < -0.3 is 14.2 Å². The van der Waals surface area contributed by atoms with E-state index in [-0.39, 0.29) is 29.2 Å². The van der Waals surface area contributed by atoms with E-state index in [0.29, 0.717) is 17.5 Å². The lowest BCUT2D eigenvalue weighted by molar-refractivity contribution is -0.385. The van der Waals surface area contributed by atoms with Crippen LogP contribution < -0.4 is 4.74 Å². The number of likely N-dealkylation sites (tertiary alicyclic amines) is 1. The zero-order chi connectivity index (χ0) is 20.2. The van der Waals surface area contributed by atoms with Crippen molar-refractivity contribution in [3.63, 3.8) is 0 Å². The normalized spacial score (nSPS) is 24.2. The first-order chi connectivity index (χ1) is 13.3. The third-order valence-corrected chi connectivity index (χ3v) is 6.35. The number of carbonyl (C=O) groups is 1. The van der Waals surface area contributed by atoms with Gasteiger partial charge in [-0.2, -0.15) is 0 Å². The van der Waals surface area contributed by atoms with Crippen molar-refractivity contribution in [2.24, 2.45) is 24.8 Å². The van der Waals surface area contributed by atoms with Crippen LogP contribution in [-0.2, 0) is 11.8 Å². The Balaban J connectivity index is 1.79. The van der Waals surface area contributed by atoms with Gasteiger partial charge in [0.05, 0.1) is 17.4 Å². The fraction of sp³-hybridized carbons (Fsp3) is 0.600. The van der Waals surface area contributed by atoms with Gasteiger partial charge in [-0.15, -0.1) is 0 Å². The third kappa shape index (κ3) is 2.73. The largest absolute Gasteiger partial charge is 0.490 e. The number of fused-ring (bicyclic) bond motifs is 3. The van der Waals surface area contributed by atoms with Gasteiger partial charge in [0.15, 0.2) is 0 Å². The third-order valence-electron chi connectivity index (χ3n) is 6.35. The number of rotatable bonds is 4. The van der Waals surface area contributed by atoms with Crippen molar-refractivity contribution in [1.29, 1.82) is 0 Å². The van der Waals surface area contributed by atoms with Crippen molar-refractivity contribution in [2.45, 2.75) is 32.6 Å². The Labute approximate surface area is 163 Å². The topological polar surface area (TPSA) is 90.5 Å². The summed E-state index contributed by atoms with van der Waals surface area (Å²) in [5, 5.41) is 12.2. The molecule has 2 aromatic heterocycles. The number of piperidine rings is 1. The Morgan fingerprint density at radius 1 is 1.32 bits per heavy atom. The molecule has 2 bridgehead atoms. The Morgan fingerprint density at radius 3 is 2.50 bits per heavy atom. The molecular weight excluding hydrogens is 360 g/mol. The van der Waals surface area contributed by atoms with Gasteiger partial charge >= 0.3 is 5.69 Å². The first-order valence-corrected chi connectivity index (χ1v) is 9.78. The minimum Gasteiger partial charge on any atom is -0.490 e. The molecule has 2 fully saturated rings. The molecular formula is C20H26N4O4. The average molecular weight is 386 g/mol. The summed E-state index contributed by atoms with van der Waals surface area (Å²) in [4.78, 5) is 29.9. The summed E-state index contributed by atoms with van der Waals surface area (Å²) in [7, 11) is 3.38. The van der Waals surface area contributed by atoms with Gasteiger partial charge in [0.25, 0.3) is 0 Å². The van der Waals surface area contributed by atoms with Gasteiger partial charge in [0.2, 0.25) is 11.7 Å². The molecule has 1 saturated heterocycles. The molecule has 0 radical (unpaired) electrons. The number of aromatic nitrogens is 2. The van der Waals surface area contributed by atoms with Crippen LogP contribution >= 0.6 is 0 Å². The SMILES string of the molecule is COc1c([N+](=O)[O-])cnc2c1c(C1[C@@H]3CC[C@H]1CN(C(=O)C(C)C)C3)cn2C. The number of nitrogens with zero attached hydrogens (tertiary/aromatic N) is 4. The Bertz CT molecular complexity index is 937. The molecule has 3 heterocycles. The van der Waals surface area contributed by atoms with Gasteiger partial charge in [0, 0.05) is 32.3 Å². The lowest BCUT2D eigenvalue weighted by Gasteiger charge is -2.39. The highest BCUT2D eigenvalue weighted by molar-refractivity contribution is 5.91. The molecule has 4 rings (SSSR count). The molecule has 0 N–H and O–H groups in total. The fourth-order valence-corrected chi connectivity index (χ4v) is 5.20. The molecule has 8 heteroatoms. The van der Waals surface area contributed by atoms with Gasteiger partial charge in [-0.1, -0.05) is 13.8 Å². The molecule has 0 aromatic carbocycles. The lowest BCUT2D eigenvalue weighted by Crippen LogP contribution is -2.45. The second kappa shape index (κ2) is 6.76. The molecule has 1 aliphatic carbocycles. The predicted molar refractivity (Wildman–Crippen MR) is 104 cm³/mol. The van der Waals surface area contributed by atoms with Crippen molar-refractivity contribution >= 4 is 22.6 Å². The van der Waals surface area contributed by atoms with Crippen LogP contribution in [0.3, 0.4) is 0 Å². The van der Waals surface area contributed by atoms with E-state index in [4.69, 9.17) is 4.74 Å². The monoisotopic (exact) mass is 386 g/mol. The second-order valence-electron chi connectivity index (χ2n) is 8.35. The van der Waals surface area contributed by atoms with E-state index < -0.39 is 4.92 Å². The van der Waals surface area contributed by atoms with Crippen molar-refractivity contribution in [3.05, 3.63) is 28.1 Å². The van der Waals surface area contributed by atoms with Crippen molar-refractivity contribution in [1.82, 2.24) is 14.5 Å². The number of aryl methyl sites for hydroxylation is 1. The van der Waals surface area contributed by atoms with E-state index in [1.54, 1.807) is 0 Å². The number of hydrogen-bond donors (Lipinski definition) is 0. The first-order valence-electron chi connectivity index (χ1n) is 9.78. The molecule has 1 saturated carbocycles. The van der Waals surface area contributed by atoms with E-state index >= 15 is 0 Å². The van der Waals surface area contributed by atoms with Gasteiger partial charge in [0.1, 0.15) is 11.8 Å². The summed E-state index contributed by atoms with van der Waals surface area (Å²) >= 11 is 0. The number of nitro groups is 1. The van der Waals surface area contributed by atoms with Crippen molar-refractivity contribution in [3.8, 4) is 5.75 Å². The quantitative estimate of drug-likeness (QED) is 0.595. The molecule has 1 aliphatic heterocycles. The highest BCUT2D eigenvalue weighted by Gasteiger charge is 2.45.